The van der Waals surface area contributed by atoms with Gasteiger partial charge in [0.25, 0.3) is 0 Å². The third kappa shape index (κ3) is 20.8. The van der Waals surface area contributed by atoms with Gasteiger partial charge < -0.3 is 76.8 Å². The summed E-state index contributed by atoms with van der Waals surface area (Å²) in [5.74, 6) is -7.15. The number of carboxylic acid groups (broad SMARTS) is 2. The molecule has 1 aromatic heterocycles. The van der Waals surface area contributed by atoms with Gasteiger partial charge in [0.05, 0.1) is 37.0 Å². The van der Waals surface area contributed by atoms with Gasteiger partial charge in [-0.15, -0.1) is 5.10 Å². The lowest BCUT2D eigenvalue weighted by atomic mass is 9.85. The molecule has 0 aliphatic carbocycles. The number of ether oxygens (including phenoxy) is 3. The molecule has 109 heavy (non-hydrogen) atoms. The van der Waals surface area contributed by atoms with E-state index in [-0.39, 0.29) is 71.4 Å². The SMILES string of the molecule is CN[C@@H](C)C(=O)N[C@H](C(=O)N1C[C@@H]2CC1C(=O)N[C@@H](Cc1ccc3ccccc3c1)C(=O)N[C@H](C(=O)O)Cc1ccc(cc1)OCc1cn(nn1)C1CCN(C(=O)[C@@H](NC(=O)[C@H](C)NC)C(C)(C)C)[C@@H]1C(=O)N[C@@H](Cc1ccc3ccccc3c1)C(=O)N[C@H](C(=O)O)Cc1ccc(cc1)OC/C=C/CO2)C(C)(C)C. The van der Waals surface area contributed by atoms with E-state index in [1.807, 2.05) is 84.9 Å². The van der Waals surface area contributed by atoms with Crippen LogP contribution in [0.4, 0.5) is 0 Å². The quantitative estimate of drug-likeness (QED) is 0.0647. The molecule has 7 heterocycles. The van der Waals surface area contributed by atoms with Gasteiger partial charge in [-0.3, -0.25) is 38.4 Å². The Kier molecular flexibility index (Phi) is 26.4. The first-order valence-corrected chi connectivity index (χ1v) is 36.7. The molecule has 0 saturated carbocycles. The molecule has 6 aliphatic rings. The van der Waals surface area contributed by atoms with Crippen molar-refractivity contribution in [3.05, 3.63) is 180 Å². The van der Waals surface area contributed by atoms with Gasteiger partial charge in [0.2, 0.25) is 47.3 Å². The number of benzene rings is 6. The monoisotopic (exact) mass is 1490 g/mol. The van der Waals surface area contributed by atoms with Crippen LogP contribution in [0.2, 0.25) is 0 Å². The summed E-state index contributed by atoms with van der Waals surface area (Å²) in [7, 11) is 3.22. The predicted molar refractivity (Wildman–Crippen MR) is 406 cm³/mol. The van der Waals surface area contributed by atoms with Crippen molar-refractivity contribution in [1.82, 2.24) is 67.3 Å². The fraction of sp³-hybridized carbons (Fsp3) is 0.432. The number of carboxylic acids is 2. The van der Waals surface area contributed by atoms with Crippen LogP contribution in [0.3, 0.4) is 0 Å². The van der Waals surface area contributed by atoms with Gasteiger partial charge in [0, 0.05) is 45.2 Å². The maximum Gasteiger partial charge on any atom is 0.326 e. The number of rotatable bonds is 14. The lowest BCUT2D eigenvalue weighted by Crippen LogP contribution is -2.61. The van der Waals surface area contributed by atoms with E-state index in [0.29, 0.717) is 39.4 Å². The van der Waals surface area contributed by atoms with E-state index in [1.54, 1.807) is 136 Å². The van der Waals surface area contributed by atoms with Crippen molar-refractivity contribution < 1.29 is 72.4 Å². The third-order valence-electron chi connectivity index (χ3n) is 20.2. The first-order valence-electron chi connectivity index (χ1n) is 36.7. The second kappa shape index (κ2) is 35.7. The van der Waals surface area contributed by atoms with Crippen molar-refractivity contribution in [3.63, 3.8) is 0 Å². The molecule has 2 unspecified atom stereocenters. The number of nitrogens with one attached hydrogen (secondary N) is 8. The Balaban J connectivity index is 0.971. The van der Waals surface area contributed by atoms with Gasteiger partial charge in [0.1, 0.15) is 78.7 Å². The van der Waals surface area contributed by atoms with E-state index in [9.17, 15) is 39.0 Å². The Hall–Kier alpha value is -11.1. The smallest absolute Gasteiger partial charge is 0.326 e. The fourth-order valence-corrected chi connectivity index (χ4v) is 13.6. The molecule has 13 rings (SSSR count). The Labute approximate surface area is 633 Å². The number of fused-ring (bicyclic) bond motifs is 2. The molecule has 0 spiro atoms. The second-order valence-electron chi connectivity index (χ2n) is 30.3. The van der Waals surface area contributed by atoms with E-state index in [0.717, 1.165) is 21.5 Å². The summed E-state index contributed by atoms with van der Waals surface area (Å²) in [6, 6.07) is 26.4. The fourth-order valence-electron chi connectivity index (χ4n) is 13.6. The molecular formula is C81H99N13O15. The van der Waals surface area contributed by atoms with Gasteiger partial charge in [-0.2, -0.15) is 0 Å². The number of likely N-dealkylation sites (tertiary alicyclic amines) is 2. The molecule has 0 radical (unpaired) electrons. The van der Waals surface area contributed by atoms with Crippen LogP contribution in [-0.4, -0.2) is 201 Å². The first kappa shape index (κ1) is 80.4. The standard InChI is InChI=1S/C81H99N13O15/c1-47(82-9)70(95)88-68(80(3,4)5)76(101)92-34-33-65-67(92)75(100)85-62(42-52-22-28-54-18-12-14-20-56(54)38-52)73(98)87-64(79(105)106)39-49-23-29-58(30-24-49)107-35-15-16-36-108-60-43-66(93(45-60)77(102)69(81(6,7)8)89-71(96)48(2)83-10)74(99)84-61(41-51-21-27-53-17-11-13-19-55(53)37-51)72(97)86-63(78(103)104)40-50-25-31-59(32-26-50)109-46-57-44-94(65)91-90-57/h11-32,37-38,44,47-48,60-69,82-83H,33-36,39-43,45-46H2,1-10H3,(H,84,99)(H,85,100)(H,86,97)(H,87,98)(H,88,95)(H,89,96)(H,103,104)(H,105,106)/b16-15+/t47-,48-,60-,61-,62-,63-,64-,65?,66?,67-,68+,69+/m0/s1. The summed E-state index contributed by atoms with van der Waals surface area (Å²) in [6.45, 7) is 13.8. The number of aliphatic carboxylic acids is 2. The van der Waals surface area contributed by atoms with Crippen molar-refractivity contribution in [1.29, 1.82) is 0 Å². The van der Waals surface area contributed by atoms with Crippen LogP contribution < -0.4 is 52.0 Å². The number of amides is 8. The van der Waals surface area contributed by atoms with Crippen molar-refractivity contribution in [3.8, 4) is 11.5 Å². The van der Waals surface area contributed by atoms with E-state index in [1.165, 1.54) is 14.5 Å². The summed E-state index contributed by atoms with van der Waals surface area (Å²) >= 11 is 0. The number of likely N-dealkylation sites (N-methyl/N-ethyl adjacent to an activating group) is 2. The summed E-state index contributed by atoms with van der Waals surface area (Å²) < 4.78 is 20.0. The van der Waals surface area contributed by atoms with Crippen LogP contribution in [0.25, 0.3) is 21.5 Å². The first-order chi connectivity index (χ1) is 51.9. The predicted octanol–water partition coefficient (Wildman–Crippen LogP) is 4.90. The third-order valence-corrected chi connectivity index (χ3v) is 20.2. The van der Waals surface area contributed by atoms with Crippen LogP contribution in [0.1, 0.15) is 102 Å². The Bertz CT molecular complexity index is 4480. The van der Waals surface area contributed by atoms with Crippen LogP contribution in [-0.2, 0) is 85.0 Å². The lowest BCUT2D eigenvalue weighted by molar-refractivity contribution is -0.145. The minimum absolute atomic E-state index is 0.000855. The highest BCUT2D eigenvalue weighted by atomic mass is 16.5. The summed E-state index contributed by atoms with van der Waals surface area (Å²) in [6.07, 6.45) is 3.79. The van der Waals surface area contributed by atoms with E-state index < -0.39 is 143 Å². The highest BCUT2D eigenvalue weighted by Gasteiger charge is 2.50. The molecule has 2 fully saturated rings. The van der Waals surface area contributed by atoms with E-state index in [4.69, 9.17) is 14.2 Å². The molecule has 8 amide bonds. The number of hydrogen-bond acceptors (Lipinski definition) is 17. The zero-order valence-electron chi connectivity index (χ0n) is 63.1. The Morgan fingerprint density at radius 1 is 0.569 bits per heavy atom. The number of carbonyl (C=O) groups is 10. The lowest BCUT2D eigenvalue weighted by Gasteiger charge is -2.37. The van der Waals surface area contributed by atoms with Crippen LogP contribution in [0.5, 0.6) is 11.5 Å². The molecule has 578 valence electrons. The topological polar surface area (TPSA) is 372 Å². The number of nitrogens with zero attached hydrogens (tertiary/aromatic N) is 5. The second-order valence-corrected chi connectivity index (χ2v) is 30.3. The van der Waals surface area contributed by atoms with Gasteiger partial charge in [0.15, 0.2) is 0 Å². The highest BCUT2D eigenvalue weighted by Crippen LogP contribution is 2.34. The molecule has 28 nitrogen and oxygen atoms in total. The molecule has 6 aliphatic heterocycles. The maximum absolute atomic E-state index is 15.5. The zero-order chi connectivity index (χ0) is 78.4. The van der Waals surface area contributed by atoms with Crippen LogP contribution >= 0.6 is 0 Å². The van der Waals surface area contributed by atoms with Gasteiger partial charge in [-0.25, -0.2) is 14.3 Å². The minimum atomic E-state index is -1.52. The number of hydrogen-bond donors (Lipinski definition) is 10. The Morgan fingerprint density at radius 3 is 1.52 bits per heavy atom. The maximum atomic E-state index is 15.5. The zero-order valence-corrected chi connectivity index (χ0v) is 63.1. The molecule has 8 bridgehead atoms. The van der Waals surface area contributed by atoms with E-state index >= 15 is 19.2 Å². The molecule has 12 atom stereocenters. The average Bonchev–Trinajstić information content (AvgIpc) is 1.64. The highest BCUT2D eigenvalue weighted by molar-refractivity contribution is 5.98. The summed E-state index contributed by atoms with van der Waals surface area (Å²) in [5.41, 5.74) is 0.835. The van der Waals surface area contributed by atoms with Gasteiger partial charge in [-0.05, 0) is 119 Å². The van der Waals surface area contributed by atoms with Crippen molar-refractivity contribution in [2.75, 3.05) is 40.4 Å². The van der Waals surface area contributed by atoms with Gasteiger partial charge in [-0.1, -0.05) is 162 Å². The van der Waals surface area contributed by atoms with Crippen LogP contribution in [0.15, 0.2) is 152 Å². The summed E-state index contributed by atoms with van der Waals surface area (Å²) in [5, 5.41) is 56.7. The van der Waals surface area contributed by atoms with Crippen molar-refractivity contribution in [2.24, 2.45) is 10.8 Å². The van der Waals surface area contributed by atoms with E-state index in [2.05, 4.69) is 52.8 Å². The molecule has 7 aromatic rings. The number of carbonyl (C=O) groups excluding carboxylic acids is 8. The van der Waals surface area contributed by atoms with Crippen molar-refractivity contribution >= 4 is 80.7 Å². The molecule has 10 N–H and O–H groups in total. The normalized spacial score (nSPS) is 22.3. The van der Waals surface area contributed by atoms with Crippen molar-refractivity contribution in [2.45, 2.75) is 173 Å². The molecule has 28 heteroatoms. The molecular weight excluding hydrogens is 1390 g/mol. The summed E-state index contributed by atoms with van der Waals surface area (Å²) in [4.78, 5) is 147. The molecule has 6 aromatic carbocycles. The number of aromatic nitrogens is 3. The van der Waals surface area contributed by atoms with Gasteiger partial charge >= 0.3 is 11.9 Å². The minimum Gasteiger partial charge on any atom is -0.490 e. The Morgan fingerprint density at radius 2 is 1.04 bits per heavy atom. The largest absolute Gasteiger partial charge is 0.490 e. The molecule has 2 saturated heterocycles. The average molecular weight is 1490 g/mol. The van der Waals surface area contributed by atoms with Crippen LogP contribution in [0, 0.1) is 10.8 Å².